The molecule has 1 atom stereocenters. The Hall–Kier alpha value is -2.57. The van der Waals surface area contributed by atoms with Crippen molar-refractivity contribution >= 4 is 5.97 Å². The summed E-state index contributed by atoms with van der Waals surface area (Å²) in [6, 6.07) is 13.3. The summed E-state index contributed by atoms with van der Waals surface area (Å²) in [4.78, 5) is 11.3. The molecule has 0 bridgehead atoms. The molecule has 0 heterocycles. The topological polar surface area (TPSA) is 102 Å². The standard InChI is InChI=1S/C17H20N2O4/c20-15-7-6-13(11-16(15)21)8-9-18-19-14(17(22)23)10-12-4-2-1-3-5-12/h1-7,11,14,18-21H,8-10H2,(H,22,23)/t14-/m0/s1. The molecule has 0 aliphatic rings. The Kier molecular flexibility index (Phi) is 5.96. The summed E-state index contributed by atoms with van der Waals surface area (Å²) < 4.78 is 0. The van der Waals surface area contributed by atoms with Crippen LogP contribution in [0, 0.1) is 0 Å². The zero-order valence-electron chi connectivity index (χ0n) is 12.6. The quantitative estimate of drug-likeness (QED) is 0.287. The van der Waals surface area contributed by atoms with Crippen molar-refractivity contribution in [3.8, 4) is 11.5 Å². The van der Waals surface area contributed by atoms with Crippen LogP contribution in [0.4, 0.5) is 0 Å². The van der Waals surface area contributed by atoms with Crippen molar-refractivity contribution in [1.82, 2.24) is 10.9 Å². The van der Waals surface area contributed by atoms with E-state index < -0.39 is 12.0 Å². The van der Waals surface area contributed by atoms with Crippen LogP contribution < -0.4 is 10.9 Å². The smallest absolute Gasteiger partial charge is 0.322 e. The molecule has 0 aliphatic carbocycles. The van der Waals surface area contributed by atoms with Gasteiger partial charge >= 0.3 is 5.97 Å². The number of phenols is 2. The number of phenolic OH excluding ortho intramolecular Hbond substituents is 2. The number of aromatic hydroxyl groups is 2. The highest BCUT2D eigenvalue weighted by Gasteiger charge is 2.16. The number of nitrogens with one attached hydrogen (secondary N) is 2. The number of benzene rings is 2. The normalized spacial score (nSPS) is 12.0. The van der Waals surface area contributed by atoms with Gasteiger partial charge in [0.2, 0.25) is 0 Å². The van der Waals surface area contributed by atoms with Gasteiger partial charge in [0.25, 0.3) is 0 Å². The summed E-state index contributed by atoms with van der Waals surface area (Å²) in [5, 5.41) is 27.9. The Morgan fingerprint density at radius 1 is 1.00 bits per heavy atom. The van der Waals surface area contributed by atoms with Gasteiger partial charge < -0.3 is 15.3 Å². The molecule has 0 fully saturated rings. The average Bonchev–Trinajstić information content (AvgIpc) is 2.54. The maximum Gasteiger partial charge on any atom is 0.322 e. The fourth-order valence-electron chi connectivity index (χ4n) is 2.18. The fraction of sp³-hybridized carbons (Fsp3) is 0.235. The van der Waals surface area contributed by atoms with Crippen LogP contribution in [-0.4, -0.2) is 33.9 Å². The summed E-state index contributed by atoms with van der Waals surface area (Å²) >= 11 is 0. The maximum atomic E-state index is 11.3. The number of carboxylic acids is 1. The van der Waals surface area contributed by atoms with Crippen LogP contribution in [0.2, 0.25) is 0 Å². The highest BCUT2D eigenvalue weighted by molar-refractivity contribution is 5.73. The van der Waals surface area contributed by atoms with Crippen LogP contribution in [0.1, 0.15) is 11.1 Å². The van der Waals surface area contributed by atoms with Crippen LogP contribution in [-0.2, 0) is 17.6 Å². The van der Waals surface area contributed by atoms with E-state index >= 15 is 0 Å². The minimum atomic E-state index is -0.927. The van der Waals surface area contributed by atoms with Crippen molar-refractivity contribution in [3.05, 3.63) is 59.7 Å². The number of carboxylic acid groups (broad SMARTS) is 1. The number of hydrazine groups is 1. The van der Waals surface area contributed by atoms with Crippen molar-refractivity contribution in [2.75, 3.05) is 6.54 Å². The van der Waals surface area contributed by atoms with E-state index in [0.717, 1.165) is 11.1 Å². The van der Waals surface area contributed by atoms with Gasteiger partial charge in [-0.2, -0.15) is 0 Å². The van der Waals surface area contributed by atoms with Crippen LogP contribution in [0.3, 0.4) is 0 Å². The van der Waals surface area contributed by atoms with Gasteiger partial charge in [-0.05, 0) is 36.1 Å². The van der Waals surface area contributed by atoms with Gasteiger partial charge in [-0.15, -0.1) is 0 Å². The van der Waals surface area contributed by atoms with Gasteiger partial charge in [0, 0.05) is 6.54 Å². The van der Waals surface area contributed by atoms with Crippen molar-refractivity contribution < 1.29 is 20.1 Å². The molecule has 23 heavy (non-hydrogen) atoms. The first-order valence-corrected chi connectivity index (χ1v) is 7.32. The molecule has 0 spiro atoms. The van der Waals surface area contributed by atoms with Crippen LogP contribution in [0.5, 0.6) is 11.5 Å². The molecule has 0 unspecified atom stereocenters. The Morgan fingerprint density at radius 2 is 1.74 bits per heavy atom. The molecule has 0 saturated heterocycles. The molecular weight excluding hydrogens is 296 g/mol. The van der Waals surface area contributed by atoms with E-state index in [2.05, 4.69) is 10.9 Å². The molecule has 0 radical (unpaired) electrons. The lowest BCUT2D eigenvalue weighted by atomic mass is 10.1. The minimum Gasteiger partial charge on any atom is -0.504 e. The molecule has 122 valence electrons. The molecular formula is C17H20N2O4. The van der Waals surface area contributed by atoms with E-state index in [1.54, 1.807) is 6.07 Å². The first-order valence-electron chi connectivity index (χ1n) is 7.32. The van der Waals surface area contributed by atoms with Gasteiger partial charge in [0.1, 0.15) is 6.04 Å². The summed E-state index contributed by atoms with van der Waals surface area (Å²) in [7, 11) is 0. The van der Waals surface area contributed by atoms with E-state index in [0.29, 0.717) is 19.4 Å². The molecule has 6 nitrogen and oxygen atoms in total. The largest absolute Gasteiger partial charge is 0.504 e. The van der Waals surface area contributed by atoms with Gasteiger partial charge in [0.05, 0.1) is 0 Å². The van der Waals surface area contributed by atoms with Gasteiger partial charge in [-0.3, -0.25) is 10.2 Å². The summed E-state index contributed by atoms with van der Waals surface area (Å²) in [6.45, 7) is 0.489. The highest BCUT2D eigenvalue weighted by atomic mass is 16.4. The average molecular weight is 316 g/mol. The zero-order chi connectivity index (χ0) is 16.7. The van der Waals surface area contributed by atoms with Crippen molar-refractivity contribution in [3.63, 3.8) is 0 Å². The minimum absolute atomic E-state index is 0.159. The zero-order valence-corrected chi connectivity index (χ0v) is 12.6. The molecule has 2 aromatic carbocycles. The molecule has 0 aliphatic heterocycles. The third-order valence-electron chi connectivity index (χ3n) is 3.44. The predicted molar refractivity (Wildman–Crippen MR) is 86.2 cm³/mol. The molecule has 6 heteroatoms. The summed E-state index contributed by atoms with van der Waals surface area (Å²) in [5.41, 5.74) is 7.48. The van der Waals surface area contributed by atoms with Crippen molar-refractivity contribution in [1.29, 1.82) is 0 Å². The van der Waals surface area contributed by atoms with Crippen molar-refractivity contribution in [2.45, 2.75) is 18.9 Å². The van der Waals surface area contributed by atoms with E-state index in [9.17, 15) is 20.1 Å². The predicted octanol–water partition coefficient (Wildman–Crippen LogP) is 1.43. The summed E-state index contributed by atoms with van der Waals surface area (Å²) in [6.07, 6.45) is 0.960. The number of carbonyl (C=O) groups is 1. The van der Waals surface area contributed by atoms with Crippen molar-refractivity contribution in [2.24, 2.45) is 0 Å². The molecule has 0 amide bonds. The highest BCUT2D eigenvalue weighted by Crippen LogP contribution is 2.24. The third-order valence-corrected chi connectivity index (χ3v) is 3.44. The van der Waals surface area contributed by atoms with Gasteiger partial charge in [0.15, 0.2) is 11.5 Å². The second-order valence-corrected chi connectivity index (χ2v) is 5.22. The second kappa shape index (κ2) is 8.17. The number of aliphatic carboxylic acids is 1. The Bertz CT molecular complexity index is 646. The first kappa shape index (κ1) is 16.8. The molecule has 0 aromatic heterocycles. The summed E-state index contributed by atoms with van der Waals surface area (Å²) in [5.74, 6) is -1.25. The SMILES string of the molecule is O=C(O)[C@H](Cc1ccccc1)NNCCc1ccc(O)c(O)c1. The lowest BCUT2D eigenvalue weighted by Crippen LogP contribution is -2.47. The van der Waals surface area contributed by atoms with Crippen LogP contribution in [0.25, 0.3) is 0 Å². The Morgan fingerprint density at radius 3 is 2.39 bits per heavy atom. The Balaban J connectivity index is 1.80. The van der Waals surface area contributed by atoms with Crippen LogP contribution >= 0.6 is 0 Å². The molecule has 2 aromatic rings. The fourth-order valence-corrected chi connectivity index (χ4v) is 2.18. The van der Waals surface area contributed by atoms with Gasteiger partial charge in [-0.1, -0.05) is 36.4 Å². The first-order chi connectivity index (χ1) is 11.1. The van der Waals surface area contributed by atoms with E-state index in [1.165, 1.54) is 12.1 Å². The van der Waals surface area contributed by atoms with Gasteiger partial charge in [-0.25, -0.2) is 5.43 Å². The second-order valence-electron chi connectivity index (χ2n) is 5.22. The molecule has 0 saturated carbocycles. The number of rotatable bonds is 8. The third kappa shape index (κ3) is 5.28. The molecule has 2 rings (SSSR count). The Labute approximate surface area is 134 Å². The van der Waals surface area contributed by atoms with Crippen LogP contribution in [0.15, 0.2) is 48.5 Å². The lowest BCUT2D eigenvalue weighted by molar-refractivity contribution is -0.139. The number of hydrogen-bond donors (Lipinski definition) is 5. The maximum absolute atomic E-state index is 11.3. The van der Waals surface area contributed by atoms with E-state index in [4.69, 9.17) is 0 Å². The monoisotopic (exact) mass is 316 g/mol. The lowest BCUT2D eigenvalue weighted by Gasteiger charge is -2.15. The van der Waals surface area contributed by atoms with E-state index in [-0.39, 0.29) is 11.5 Å². The molecule has 5 N–H and O–H groups in total. The number of hydrogen-bond acceptors (Lipinski definition) is 5. The van der Waals surface area contributed by atoms with E-state index in [1.807, 2.05) is 30.3 Å².